The predicted octanol–water partition coefficient (Wildman–Crippen LogP) is 2.41. The molecule has 1 aromatic rings. The number of benzene rings is 1. The highest BCUT2D eigenvalue weighted by Gasteiger charge is 1.98. The molecular weight excluding hydrogens is 174 g/mol. The molecule has 1 aromatic carbocycles. The summed E-state index contributed by atoms with van der Waals surface area (Å²) in [6.45, 7) is 5.98. The van der Waals surface area contributed by atoms with Gasteiger partial charge in [-0.25, -0.2) is 0 Å². The molecule has 78 valence electrons. The molecule has 0 amide bonds. The predicted molar refractivity (Wildman–Crippen MR) is 60.0 cm³/mol. The van der Waals surface area contributed by atoms with Gasteiger partial charge in [-0.15, -0.1) is 0 Å². The molecular formula is C12H19NO. The van der Waals surface area contributed by atoms with Crippen LogP contribution in [-0.4, -0.2) is 20.2 Å². The first-order valence-corrected chi connectivity index (χ1v) is 5.11. The Hall–Kier alpha value is -1.02. The third kappa shape index (κ3) is 3.38. The molecule has 2 nitrogen and oxygen atoms in total. The van der Waals surface area contributed by atoms with Crippen LogP contribution in [0.1, 0.15) is 25.3 Å². The van der Waals surface area contributed by atoms with Gasteiger partial charge in [0.2, 0.25) is 0 Å². The average molecular weight is 193 g/mol. The first kappa shape index (κ1) is 11.1. The lowest BCUT2D eigenvalue weighted by Crippen LogP contribution is -2.15. The molecule has 0 unspecified atom stereocenters. The van der Waals surface area contributed by atoms with Crippen LogP contribution in [0, 0.1) is 0 Å². The maximum absolute atomic E-state index is 5.52. The second-order valence-corrected chi connectivity index (χ2v) is 3.68. The van der Waals surface area contributed by atoms with Crippen LogP contribution in [-0.2, 0) is 0 Å². The van der Waals surface area contributed by atoms with Crippen LogP contribution in [0.4, 0.5) is 0 Å². The highest BCUT2D eigenvalue weighted by atomic mass is 16.5. The fourth-order valence-corrected chi connectivity index (χ4v) is 1.22. The van der Waals surface area contributed by atoms with Gasteiger partial charge in [0.05, 0.1) is 0 Å². The zero-order valence-electron chi connectivity index (χ0n) is 9.21. The second-order valence-electron chi connectivity index (χ2n) is 3.68. The Kier molecular flexibility index (Phi) is 4.47. The van der Waals surface area contributed by atoms with Gasteiger partial charge in [-0.1, -0.05) is 26.0 Å². The van der Waals surface area contributed by atoms with Crippen LogP contribution < -0.4 is 10.1 Å². The normalized spacial score (nSPS) is 10.6. The smallest absolute Gasteiger partial charge is 0.119 e. The Bertz CT molecular complexity index is 254. The number of nitrogens with one attached hydrogen (secondary N) is 1. The summed E-state index contributed by atoms with van der Waals surface area (Å²) in [6, 6.07) is 8.31. The fourth-order valence-electron chi connectivity index (χ4n) is 1.22. The average Bonchev–Trinajstić information content (AvgIpc) is 2.19. The third-order valence-electron chi connectivity index (χ3n) is 2.17. The van der Waals surface area contributed by atoms with E-state index in [-0.39, 0.29) is 0 Å². The van der Waals surface area contributed by atoms with Gasteiger partial charge in [0.15, 0.2) is 0 Å². The van der Waals surface area contributed by atoms with Gasteiger partial charge in [-0.3, -0.25) is 0 Å². The number of hydrogen-bond acceptors (Lipinski definition) is 2. The molecule has 2 heteroatoms. The fraction of sp³-hybridized carbons (Fsp3) is 0.500. The zero-order valence-corrected chi connectivity index (χ0v) is 9.21. The lowest BCUT2D eigenvalue weighted by Gasteiger charge is -2.08. The van der Waals surface area contributed by atoms with E-state index < -0.39 is 0 Å². The highest BCUT2D eigenvalue weighted by Crippen LogP contribution is 2.18. The standard InChI is InChI=1S/C12H19NO/c1-10(2)11-4-6-12(7-5-11)14-9-8-13-3/h4-7,10,13H,8-9H2,1-3H3. The first-order chi connectivity index (χ1) is 6.74. The van der Waals surface area contributed by atoms with Crippen LogP contribution in [0.3, 0.4) is 0 Å². The molecule has 0 radical (unpaired) electrons. The molecule has 14 heavy (non-hydrogen) atoms. The molecule has 1 rings (SSSR count). The Morgan fingerprint density at radius 1 is 1.21 bits per heavy atom. The van der Waals surface area contributed by atoms with Crippen LogP contribution in [0.2, 0.25) is 0 Å². The third-order valence-corrected chi connectivity index (χ3v) is 2.17. The van der Waals surface area contributed by atoms with Crippen molar-refractivity contribution in [3.05, 3.63) is 29.8 Å². The van der Waals surface area contributed by atoms with Gasteiger partial charge in [0.1, 0.15) is 12.4 Å². The van der Waals surface area contributed by atoms with Crippen LogP contribution in [0.5, 0.6) is 5.75 Å². The van der Waals surface area contributed by atoms with Crippen LogP contribution in [0.25, 0.3) is 0 Å². The summed E-state index contributed by atoms with van der Waals surface area (Å²) in [4.78, 5) is 0. The van der Waals surface area contributed by atoms with Crippen LogP contribution >= 0.6 is 0 Å². The minimum atomic E-state index is 0.585. The van der Waals surface area contributed by atoms with Crippen molar-refractivity contribution in [2.45, 2.75) is 19.8 Å². The molecule has 0 aliphatic carbocycles. The van der Waals surface area contributed by atoms with Crippen molar-refractivity contribution in [3.8, 4) is 5.75 Å². The first-order valence-electron chi connectivity index (χ1n) is 5.11. The van der Waals surface area contributed by atoms with Gasteiger partial charge in [0.25, 0.3) is 0 Å². The molecule has 1 N–H and O–H groups in total. The van der Waals surface area contributed by atoms with E-state index in [1.165, 1.54) is 5.56 Å². The van der Waals surface area contributed by atoms with E-state index in [0.29, 0.717) is 5.92 Å². The summed E-state index contributed by atoms with van der Waals surface area (Å²) < 4.78 is 5.52. The summed E-state index contributed by atoms with van der Waals surface area (Å²) in [5.41, 5.74) is 1.35. The SMILES string of the molecule is CNCCOc1ccc(C(C)C)cc1. The van der Waals surface area contributed by atoms with E-state index in [9.17, 15) is 0 Å². The zero-order chi connectivity index (χ0) is 10.4. The summed E-state index contributed by atoms with van der Waals surface area (Å²) in [7, 11) is 1.92. The number of rotatable bonds is 5. The monoisotopic (exact) mass is 193 g/mol. The Labute approximate surface area is 86.3 Å². The van der Waals surface area contributed by atoms with Crippen molar-refractivity contribution in [1.29, 1.82) is 0 Å². The summed E-state index contributed by atoms with van der Waals surface area (Å²) in [6.07, 6.45) is 0. The van der Waals surface area contributed by atoms with E-state index in [4.69, 9.17) is 4.74 Å². The number of hydrogen-bond donors (Lipinski definition) is 1. The van der Waals surface area contributed by atoms with E-state index >= 15 is 0 Å². The minimum absolute atomic E-state index is 0.585. The molecule has 0 saturated carbocycles. The maximum Gasteiger partial charge on any atom is 0.119 e. The Morgan fingerprint density at radius 3 is 2.36 bits per heavy atom. The van der Waals surface area contributed by atoms with Gasteiger partial charge in [-0.05, 0) is 30.7 Å². The Balaban J connectivity index is 2.47. The van der Waals surface area contributed by atoms with E-state index in [1.54, 1.807) is 0 Å². The summed E-state index contributed by atoms with van der Waals surface area (Å²) >= 11 is 0. The lowest BCUT2D eigenvalue weighted by atomic mass is 10.0. The van der Waals surface area contributed by atoms with E-state index in [1.807, 2.05) is 19.2 Å². The van der Waals surface area contributed by atoms with Gasteiger partial charge >= 0.3 is 0 Å². The minimum Gasteiger partial charge on any atom is -0.492 e. The molecule has 0 bridgehead atoms. The van der Waals surface area contributed by atoms with Crippen molar-refractivity contribution >= 4 is 0 Å². The molecule has 0 heterocycles. The van der Waals surface area contributed by atoms with Crippen molar-refractivity contribution in [2.75, 3.05) is 20.2 Å². The van der Waals surface area contributed by atoms with Crippen molar-refractivity contribution in [2.24, 2.45) is 0 Å². The van der Waals surface area contributed by atoms with Crippen molar-refractivity contribution in [3.63, 3.8) is 0 Å². The molecule has 0 spiro atoms. The van der Waals surface area contributed by atoms with Gasteiger partial charge < -0.3 is 10.1 Å². The van der Waals surface area contributed by atoms with E-state index in [0.717, 1.165) is 18.9 Å². The molecule has 0 aromatic heterocycles. The van der Waals surface area contributed by atoms with Gasteiger partial charge in [-0.2, -0.15) is 0 Å². The molecule has 0 atom stereocenters. The Morgan fingerprint density at radius 2 is 1.86 bits per heavy atom. The largest absolute Gasteiger partial charge is 0.492 e. The topological polar surface area (TPSA) is 21.3 Å². The summed E-state index contributed by atoms with van der Waals surface area (Å²) in [5.74, 6) is 1.53. The molecule has 0 saturated heterocycles. The van der Waals surface area contributed by atoms with Crippen LogP contribution in [0.15, 0.2) is 24.3 Å². The van der Waals surface area contributed by atoms with Crippen molar-refractivity contribution in [1.82, 2.24) is 5.32 Å². The molecule has 0 aliphatic heterocycles. The molecule has 0 aliphatic rings. The quantitative estimate of drug-likeness (QED) is 0.725. The number of likely N-dealkylation sites (N-methyl/N-ethyl adjacent to an activating group) is 1. The second kappa shape index (κ2) is 5.66. The van der Waals surface area contributed by atoms with Gasteiger partial charge in [0, 0.05) is 6.54 Å². The lowest BCUT2D eigenvalue weighted by molar-refractivity contribution is 0.318. The highest BCUT2D eigenvalue weighted by molar-refractivity contribution is 5.28. The summed E-state index contributed by atoms with van der Waals surface area (Å²) in [5, 5.41) is 3.04. The van der Waals surface area contributed by atoms with E-state index in [2.05, 4.69) is 31.3 Å². The van der Waals surface area contributed by atoms with Crippen molar-refractivity contribution < 1.29 is 4.74 Å². The maximum atomic E-state index is 5.52. The number of ether oxygens (including phenoxy) is 1. The molecule has 0 fully saturated rings.